The van der Waals surface area contributed by atoms with Crippen LogP contribution in [-0.4, -0.2) is 25.5 Å². The third kappa shape index (κ3) is 3.31. The molecule has 0 radical (unpaired) electrons. The van der Waals surface area contributed by atoms with E-state index in [9.17, 15) is 13.2 Å². The molecule has 0 saturated carbocycles. The van der Waals surface area contributed by atoms with E-state index in [4.69, 9.17) is 9.52 Å². The second kappa shape index (κ2) is 5.33. The molecule has 0 aromatic carbocycles. The Hall–Kier alpha value is -1.34. The topological polar surface area (TPSA) is 96.6 Å². The Morgan fingerprint density at radius 2 is 2.24 bits per heavy atom. The van der Waals surface area contributed by atoms with Crippen molar-refractivity contribution >= 4 is 16.0 Å². The van der Waals surface area contributed by atoms with Crippen molar-refractivity contribution in [1.29, 1.82) is 0 Å². The van der Waals surface area contributed by atoms with Crippen LogP contribution >= 0.6 is 0 Å². The van der Waals surface area contributed by atoms with Crippen molar-refractivity contribution in [3.63, 3.8) is 0 Å². The van der Waals surface area contributed by atoms with E-state index in [1.807, 2.05) is 0 Å². The van der Waals surface area contributed by atoms with Crippen LogP contribution in [0.1, 0.15) is 20.3 Å². The summed E-state index contributed by atoms with van der Waals surface area (Å²) >= 11 is 0. The average Bonchev–Trinajstić information content (AvgIpc) is 2.78. The predicted octanol–water partition coefficient (Wildman–Crippen LogP) is 1.06. The lowest BCUT2D eigenvalue weighted by Gasteiger charge is -2.19. The van der Waals surface area contributed by atoms with Crippen molar-refractivity contribution in [2.45, 2.75) is 31.4 Å². The van der Waals surface area contributed by atoms with Crippen LogP contribution in [0.3, 0.4) is 0 Å². The number of carbonyl (C=O) groups is 1. The predicted molar refractivity (Wildman–Crippen MR) is 59.9 cm³/mol. The molecule has 0 aliphatic heterocycles. The van der Waals surface area contributed by atoms with Gasteiger partial charge in [0.25, 0.3) is 10.0 Å². The van der Waals surface area contributed by atoms with Gasteiger partial charge in [-0.1, -0.05) is 20.3 Å². The molecule has 0 amide bonds. The standard InChI is InChI=1S/C10H15NO5S/c1-3-7(2)9(10(12)13)11-17(14,15)8-5-4-6-16-8/h4-7,9,11H,3H2,1-2H3,(H,12,13)/t7-,9-/m0/s1. The van der Waals surface area contributed by atoms with Crippen LogP contribution in [0, 0.1) is 5.92 Å². The number of aliphatic carboxylic acids is 1. The fourth-order valence-corrected chi connectivity index (χ4v) is 2.51. The van der Waals surface area contributed by atoms with Crippen molar-refractivity contribution in [3.8, 4) is 0 Å². The molecule has 1 aromatic heterocycles. The van der Waals surface area contributed by atoms with Crippen molar-refractivity contribution < 1.29 is 22.7 Å². The van der Waals surface area contributed by atoms with Gasteiger partial charge in [0, 0.05) is 0 Å². The summed E-state index contributed by atoms with van der Waals surface area (Å²) in [6.07, 6.45) is 1.77. The molecule has 0 bridgehead atoms. The summed E-state index contributed by atoms with van der Waals surface area (Å²) in [5, 5.41) is 8.69. The highest BCUT2D eigenvalue weighted by molar-refractivity contribution is 7.89. The third-order valence-electron chi connectivity index (χ3n) is 2.52. The maximum absolute atomic E-state index is 11.8. The van der Waals surface area contributed by atoms with Gasteiger partial charge in [0.2, 0.25) is 5.09 Å². The quantitative estimate of drug-likeness (QED) is 0.798. The molecule has 96 valence electrons. The fraction of sp³-hybridized carbons (Fsp3) is 0.500. The smallest absolute Gasteiger partial charge is 0.322 e. The van der Waals surface area contributed by atoms with E-state index in [1.165, 1.54) is 18.4 Å². The first-order valence-corrected chi connectivity index (χ1v) is 6.65. The molecule has 17 heavy (non-hydrogen) atoms. The monoisotopic (exact) mass is 261 g/mol. The number of hydrogen-bond acceptors (Lipinski definition) is 4. The molecule has 0 aliphatic carbocycles. The Balaban J connectivity index is 2.92. The first-order valence-electron chi connectivity index (χ1n) is 5.17. The minimum absolute atomic E-state index is 0.285. The van der Waals surface area contributed by atoms with Crippen molar-refractivity contribution in [3.05, 3.63) is 18.4 Å². The van der Waals surface area contributed by atoms with Crippen molar-refractivity contribution in [1.82, 2.24) is 4.72 Å². The lowest BCUT2D eigenvalue weighted by atomic mass is 10.0. The van der Waals surface area contributed by atoms with Gasteiger partial charge in [-0.15, -0.1) is 0 Å². The first kappa shape index (κ1) is 13.7. The molecule has 6 nitrogen and oxygen atoms in total. The first-order chi connectivity index (χ1) is 7.88. The van der Waals surface area contributed by atoms with Gasteiger partial charge in [-0.05, 0) is 18.1 Å². The molecular formula is C10H15NO5S. The summed E-state index contributed by atoms with van der Waals surface area (Å²) in [5.41, 5.74) is 0. The van der Waals surface area contributed by atoms with Gasteiger partial charge >= 0.3 is 5.97 Å². The van der Waals surface area contributed by atoms with Crippen molar-refractivity contribution in [2.24, 2.45) is 5.92 Å². The van der Waals surface area contributed by atoms with Crippen LogP contribution in [0.15, 0.2) is 27.9 Å². The van der Waals surface area contributed by atoms with Crippen LogP contribution in [0.2, 0.25) is 0 Å². The van der Waals surface area contributed by atoms with E-state index in [2.05, 4.69) is 4.72 Å². The Labute approximate surface area is 99.7 Å². The van der Waals surface area contributed by atoms with Crippen LogP contribution < -0.4 is 4.72 Å². The normalized spacial score (nSPS) is 15.4. The minimum atomic E-state index is -3.91. The second-order valence-electron chi connectivity index (χ2n) is 3.75. The summed E-state index contributed by atoms with van der Waals surface area (Å²) in [7, 11) is -3.91. The summed E-state index contributed by atoms with van der Waals surface area (Å²) in [6.45, 7) is 3.46. The van der Waals surface area contributed by atoms with Gasteiger partial charge in [0.05, 0.1) is 6.26 Å². The van der Waals surface area contributed by atoms with Gasteiger partial charge in [0.15, 0.2) is 0 Å². The van der Waals surface area contributed by atoms with E-state index >= 15 is 0 Å². The lowest BCUT2D eigenvalue weighted by molar-refractivity contribution is -0.140. The number of carboxylic acids is 1. The molecule has 7 heteroatoms. The molecule has 1 rings (SSSR count). The van der Waals surface area contributed by atoms with Gasteiger partial charge in [-0.25, -0.2) is 8.42 Å². The van der Waals surface area contributed by atoms with Gasteiger partial charge < -0.3 is 9.52 Å². The Morgan fingerprint density at radius 1 is 1.59 bits per heavy atom. The van der Waals surface area contributed by atoms with Crippen LogP contribution in [0.25, 0.3) is 0 Å². The Bertz CT molecular complexity index is 465. The van der Waals surface area contributed by atoms with Crippen LogP contribution in [0.5, 0.6) is 0 Å². The molecule has 2 atom stereocenters. The Kier molecular flexibility index (Phi) is 4.30. The number of sulfonamides is 1. The number of hydrogen-bond donors (Lipinski definition) is 2. The maximum atomic E-state index is 11.8. The molecule has 2 N–H and O–H groups in total. The molecule has 0 spiro atoms. The molecule has 0 saturated heterocycles. The fourth-order valence-electron chi connectivity index (χ4n) is 1.29. The largest absolute Gasteiger partial charge is 0.480 e. The number of furan rings is 1. The van der Waals surface area contributed by atoms with E-state index in [1.54, 1.807) is 13.8 Å². The van der Waals surface area contributed by atoms with E-state index in [0.29, 0.717) is 6.42 Å². The van der Waals surface area contributed by atoms with E-state index in [-0.39, 0.29) is 11.0 Å². The number of rotatable bonds is 6. The van der Waals surface area contributed by atoms with E-state index in [0.717, 1.165) is 0 Å². The number of nitrogens with one attached hydrogen (secondary N) is 1. The molecule has 0 unspecified atom stereocenters. The van der Waals surface area contributed by atoms with Crippen LogP contribution in [0.4, 0.5) is 0 Å². The van der Waals surface area contributed by atoms with Crippen LogP contribution in [-0.2, 0) is 14.8 Å². The Morgan fingerprint density at radius 3 is 2.65 bits per heavy atom. The maximum Gasteiger partial charge on any atom is 0.322 e. The highest BCUT2D eigenvalue weighted by Gasteiger charge is 2.30. The molecule has 1 aromatic rings. The number of carboxylic acid groups (broad SMARTS) is 1. The molecular weight excluding hydrogens is 246 g/mol. The lowest BCUT2D eigenvalue weighted by Crippen LogP contribution is -2.44. The molecule has 1 heterocycles. The summed E-state index contributed by atoms with van der Waals surface area (Å²) in [5.74, 6) is -1.51. The summed E-state index contributed by atoms with van der Waals surface area (Å²) in [4.78, 5) is 11.0. The zero-order valence-electron chi connectivity index (χ0n) is 9.58. The highest BCUT2D eigenvalue weighted by Crippen LogP contribution is 2.14. The average molecular weight is 261 g/mol. The zero-order valence-corrected chi connectivity index (χ0v) is 10.4. The second-order valence-corrected chi connectivity index (χ2v) is 5.40. The molecule has 0 fully saturated rings. The summed E-state index contributed by atoms with van der Waals surface area (Å²) in [6, 6.07) is 1.53. The summed E-state index contributed by atoms with van der Waals surface area (Å²) < 4.78 is 30.4. The zero-order chi connectivity index (χ0) is 13.1. The minimum Gasteiger partial charge on any atom is -0.480 e. The van der Waals surface area contributed by atoms with Gasteiger partial charge in [-0.2, -0.15) is 4.72 Å². The molecule has 0 aliphatic rings. The highest BCUT2D eigenvalue weighted by atomic mass is 32.2. The third-order valence-corrected chi connectivity index (χ3v) is 3.85. The van der Waals surface area contributed by atoms with E-state index < -0.39 is 22.0 Å². The van der Waals surface area contributed by atoms with Crippen molar-refractivity contribution in [2.75, 3.05) is 0 Å². The SMILES string of the molecule is CC[C@H](C)[C@H](NS(=O)(=O)c1ccco1)C(=O)O. The van der Waals surface area contributed by atoms with Gasteiger partial charge in [0.1, 0.15) is 6.04 Å². The van der Waals surface area contributed by atoms with Gasteiger partial charge in [-0.3, -0.25) is 4.79 Å².